The van der Waals surface area contributed by atoms with E-state index in [1.807, 2.05) is 31.6 Å². The van der Waals surface area contributed by atoms with E-state index in [1.165, 1.54) is 5.56 Å². The fourth-order valence-electron chi connectivity index (χ4n) is 1.92. The molecule has 16 heavy (non-hydrogen) atoms. The molecule has 0 aliphatic carbocycles. The number of methoxy groups -OCH3 is 1. The maximum Gasteiger partial charge on any atom is 0.121 e. The predicted octanol–water partition coefficient (Wildman–Crippen LogP) is 2.71. The van der Waals surface area contributed by atoms with Crippen LogP contribution in [0.1, 0.15) is 11.3 Å². The Morgan fingerprint density at radius 3 is 2.44 bits per heavy atom. The maximum absolute atomic E-state index is 5.25. The van der Waals surface area contributed by atoms with E-state index in [-0.39, 0.29) is 0 Å². The summed E-state index contributed by atoms with van der Waals surface area (Å²) in [5, 5.41) is 4.35. The molecule has 0 aliphatic heterocycles. The van der Waals surface area contributed by atoms with E-state index in [0.29, 0.717) is 0 Å². The Kier molecular flexibility index (Phi) is 2.69. The van der Waals surface area contributed by atoms with Crippen LogP contribution in [0.4, 0.5) is 0 Å². The Morgan fingerprint density at radius 2 is 1.94 bits per heavy atom. The molecule has 0 amide bonds. The second-order valence-corrected chi connectivity index (χ2v) is 3.98. The van der Waals surface area contributed by atoms with Crippen molar-refractivity contribution in [2.75, 3.05) is 7.11 Å². The quantitative estimate of drug-likeness (QED) is 0.771. The average molecular weight is 216 g/mol. The highest BCUT2D eigenvalue weighted by atomic mass is 16.5. The van der Waals surface area contributed by atoms with Crippen molar-refractivity contribution in [1.29, 1.82) is 0 Å². The van der Waals surface area contributed by atoms with Gasteiger partial charge in [0, 0.05) is 12.6 Å². The first-order valence-electron chi connectivity index (χ1n) is 5.27. The van der Waals surface area contributed by atoms with Crippen molar-refractivity contribution in [1.82, 2.24) is 9.78 Å². The molecule has 0 radical (unpaired) electrons. The molecule has 1 heterocycles. The lowest BCUT2D eigenvalue weighted by molar-refractivity contribution is 0.412. The fraction of sp³-hybridized carbons (Fsp3) is 0.308. The van der Waals surface area contributed by atoms with Crippen molar-refractivity contribution in [2.24, 2.45) is 7.05 Å². The second kappa shape index (κ2) is 4.00. The zero-order chi connectivity index (χ0) is 11.7. The number of aromatic nitrogens is 2. The third-order valence-corrected chi connectivity index (χ3v) is 2.69. The zero-order valence-corrected chi connectivity index (χ0v) is 10.1. The molecule has 1 aromatic heterocycles. The van der Waals surface area contributed by atoms with Crippen molar-refractivity contribution in [2.45, 2.75) is 13.8 Å². The zero-order valence-electron chi connectivity index (χ0n) is 10.1. The number of rotatable bonds is 2. The van der Waals surface area contributed by atoms with Crippen LogP contribution in [-0.2, 0) is 7.05 Å². The van der Waals surface area contributed by atoms with Crippen molar-refractivity contribution >= 4 is 0 Å². The summed E-state index contributed by atoms with van der Waals surface area (Å²) in [5.41, 5.74) is 4.47. The maximum atomic E-state index is 5.25. The number of hydrogen-bond acceptors (Lipinski definition) is 2. The van der Waals surface area contributed by atoms with Crippen LogP contribution in [0.5, 0.6) is 5.75 Å². The molecule has 0 saturated carbocycles. The lowest BCUT2D eigenvalue weighted by atomic mass is 10.1. The topological polar surface area (TPSA) is 27.1 Å². The summed E-state index contributed by atoms with van der Waals surface area (Å²) in [5.74, 6) is 0.919. The van der Waals surface area contributed by atoms with Gasteiger partial charge in [-0.3, -0.25) is 4.68 Å². The van der Waals surface area contributed by atoms with E-state index in [2.05, 4.69) is 23.3 Å². The summed E-state index contributed by atoms with van der Waals surface area (Å²) >= 11 is 0. The second-order valence-electron chi connectivity index (χ2n) is 3.98. The highest BCUT2D eigenvalue weighted by Crippen LogP contribution is 2.26. The first-order valence-corrected chi connectivity index (χ1v) is 5.27. The molecule has 3 heteroatoms. The first kappa shape index (κ1) is 10.7. The van der Waals surface area contributed by atoms with E-state index in [0.717, 1.165) is 22.7 Å². The van der Waals surface area contributed by atoms with E-state index < -0.39 is 0 Å². The molecule has 0 spiro atoms. The highest BCUT2D eigenvalue weighted by Gasteiger charge is 2.06. The molecule has 0 N–H and O–H groups in total. The van der Waals surface area contributed by atoms with Gasteiger partial charge in [-0.25, -0.2) is 0 Å². The van der Waals surface area contributed by atoms with Crippen LogP contribution >= 0.6 is 0 Å². The van der Waals surface area contributed by atoms with Crippen LogP contribution in [0.3, 0.4) is 0 Å². The van der Waals surface area contributed by atoms with Crippen LogP contribution in [0, 0.1) is 13.8 Å². The van der Waals surface area contributed by atoms with E-state index >= 15 is 0 Å². The molecule has 0 saturated heterocycles. The van der Waals surface area contributed by atoms with Gasteiger partial charge in [0.1, 0.15) is 5.75 Å². The minimum absolute atomic E-state index is 0.919. The molecule has 1 aromatic carbocycles. The first-order chi connectivity index (χ1) is 7.61. The lowest BCUT2D eigenvalue weighted by Crippen LogP contribution is -1.94. The monoisotopic (exact) mass is 216 g/mol. The summed E-state index contributed by atoms with van der Waals surface area (Å²) in [6, 6.07) is 8.26. The Morgan fingerprint density at radius 1 is 1.19 bits per heavy atom. The van der Waals surface area contributed by atoms with Crippen molar-refractivity contribution < 1.29 is 4.74 Å². The Hall–Kier alpha value is -1.77. The molecule has 0 unspecified atom stereocenters. The van der Waals surface area contributed by atoms with E-state index in [4.69, 9.17) is 4.74 Å². The third-order valence-electron chi connectivity index (χ3n) is 2.69. The number of aryl methyl sites for hydroxylation is 3. The van der Waals surface area contributed by atoms with Gasteiger partial charge in [-0.1, -0.05) is 0 Å². The molecule has 0 atom stereocenters. The normalized spacial score (nSPS) is 10.5. The number of nitrogens with zero attached hydrogens (tertiary/aromatic N) is 2. The average Bonchev–Trinajstić information content (AvgIpc) is 2.58. The molecule has 0 fully saturated rings. The van der Waals surface area contributed by atoms with Crippen molar-refractivity contribution in [3.63, 3.8) is 0 Å². The Bertz CT molecular complexity index is 515. The number of hydrogen-bond donors (Lipinski definition) is 0. The Labute approximate surface area is 95.7 Å². The minimum Gasteiger partial charge on any atom is -0.496 e. The summed E-state index contributed by atoms with van der Waals surface area (Å²) in [4.78, 5) is 0. The Balaban J connectivity index is 2.49. The smallest absolute Gasteiger partial charge is 0.121 e. The van der Waals surface area contributed by atoms with Crippen molar-refractivity contribution in [3.05, 3.63) is 35.5 Å². The molecule has 84 valence electrons. The van der Waals surface area contributed by atoms with E-state index in [9.17, 15) is 0 Å². The van der Waals surface area contributed by atoms with E-state index in [1.54, 1.807) is 7.11 Å². The highest BCUT2D eigenvalue weighted by molar-refractivity contribution is 5.62. The van der Waals surface area contributed by atoms with Gasteiger partial charge >= 0.3 is 0 Å². The van der Waals surface area contributed by atoms with Gasteiger partial charge in [0.05, 0.1) is 18.5 Å². The summed E-state index contributed by atoms with van der Waals surface area (Å²) in [6.45, 7) is 4.05. The lowest BCUT2D eigenvalue weighted by Gasteiger charge is -2.07. The van der Waals surface area contributed by atoms with Gasteiger partial charge in [0.2, 0.25) is 0 Å². The van der Waals surface area contributed by atoms with Gasteiger partial charge in [-0.05, 0) is 43.7 Å². The van der Waals surface area contributed by atoms with Crippen molar-refractivity contribution in [3.8, 4) is 17.0 Å². The summed E-state index contributed by atoms with van der Waals surface area (Å²) < 4.78 is 7.15. The number of benzene rings is 1. The van der Waals surface area contributed by atoms with Gasteiger partial charge in [0.25, 0.3) is 0 Å². The molecular weight excluding hydrogens is 200 g/mol. The molecule has 0 aliphatic rings. The fourth-order valence-corrected chi connectivity index (χ4v) is 1.92. The standard InChI is InChI=1S/C13H16N2O/c1-9-7-11(5-6-13(9)16-4)12-8-10(2)14-15(12)3/h5-8H,1-4H3. The molecular formula is C13H16N2O. The minimum atomic E-state index is 0.919. The van der Waals surface area contributed by atoms with Crippen LogP contribution in [-0.4, -0.2) is 16.9 Å². The van der Waals surface area contributed by atoms with Gasteiger partial charge in [-0.2, -0.15) is 5.10 Å². The van der Waals surface area contributed by atoms with Gasteiger partial charge in [0.15, 0.2) is 0 Å². The predicted molar refractivity (Wildman–Crippen MR) is 64.7 cm³/mol. The molecule has 2 rings (SSSR count). The number of ether oxygens (including phenoxy) is 1. The summed E-state index contributed by atoms with van der Waals surface area (Å²) in [7, 11) is 3.65. The molecule has 2 aromatic rings. The molecule has 0 bridgehead atoms. The molecule has 3 nitrogen and oxygen atoms in total. The summed E-state index contributed by atoms with van der Waals surface area (Å²) in [6.07, 6.45) is 0. The van der Waals surface area contributed by atoms with Crippen LogP contribution in [0.2, 0.25) is 0 Å². The SMILES string of the molecule is COc1ccc(-c2cc(C)nn2C)cc1C. The van der Waals surface area contributed by atoms with Gasteiger partial charge in [-0.15, -0.1) is 0 Å². The largest absolute Gasteiger partial charge is 0.496 e. The van der Waals surface area contributed by atoms with Crippen LogP contribution < -0.4 is 4.74 Å². The third kappa shape index (κ3) is 1.81. The van der Waals surface area contributed by atoms with Crippen LogP contribution in [0.25, 0.3) is 11.3 Å². The van der Waals surface area contributed by atoms with Gasteiger partial charge < -0.3 is 4.74 Å². The van der Waals surface area contributed by atoms with Crippen LogP contribution in [0.15, 0.2) is 24.3 Å².